The zero-order chi connectivity index (χ0) is 24.8. The van der Waals surface area contributed by atoms with Gasteiger partial charge in [0.25, 0.3) is 5.91 Å². The first-order chi connectivity index (χ1) is 16.1. The van der Waals surface area contributed by atoms with E-state index in [9.17, 15) is 13.2 Å². The van der Waals surface area contributed by atoms with E-state index in [1.807, 2.05) is 18.2 Å². The van der Waals surface area contributed by atoms with Crippen molar-refractivity contribution in [2.75, 3.05) is 32.8 Å². The Kier molecular flexibility index (Phi) is 9.01. The zero-order valence-electron chi connectivity index (χ0n) is 20.0. The van der Waals surface area contributed by atoms with Crippen LogP contribution in [0.5, 0.6) is 11.5 Å². The number of hydrogen-bond acceptors (Lipinski definition) is 5. The minimum absolute atomic E-state index is 0.0281. The molecule has 0 aliphatic carbocycles. The summed E-state index contributed by atoms with van der Waals surface area (Å²) in [6.45, 7) is 8.02. The second kappa shape index (κ2) is 11.6. The number of sulfonamides is 1. The van der Waals surface area contributed by atoms with Crippen LogP contribution in [-0.4, -0.2) is 51.5 Å². The maximum absolute atomic E-state index is 12.7. The van der Waals surface area contributed by atoms with Gasteiger partial charge in [-0.05, 0) is 76.1 Å². The summed E-state index contributed by atoms with van der Waals surface area (Å²) < 4.78 is 39.0. The quantitative estimate of drug-likeness (QED) is 0.463. The summed E-state index contributed by atoms with van der Waals surface area (Å²) in [6.07, 6.45) is 2.87. The summed E-state index contributed by atoms with van der Waals surface area (Å²) in [5, 5.41) is 2.75. The Bertz CT molecular complexity index is 1080. The molecule has 3 rings (SSSR count). The van der Waals surface area contributed by atoms with Crippen LogP contribution in [0.15, 0.2) is 51.8 Å². The normalized spacial score (nSPS) is 15.1. The third kappa shape index (κ3) is 7.20. The number of ether oxygens (including phenoxy) is 2. The second-order valence-corrected chi connectivity index (χ2v) is 12.1. The third-order valence-electron chi connectivity index (χ3n) is 5.63. The van der Waals surface area contributed by atoms with Crippen molar-refractivity contribution in [2.45, 2.75) is 50.3 Å². The molecule has 7 nitrogen and oxygen atoms in total. The van der Waals surface area contributed by atoms with E-state index in [-0.39, 0.29) is 29.4 Å². The molecule has 0 bridgehead atoms. The van der Waals surface area contributed by atoms with Crippen molar-refractivity contribution in [1.82, 2.24) is 9.62 Å². The second-order valence-electron chi connectivity index (χ2n) is 9.32. The van der Waals surface area contributed by atoms with Crippen LogP contribution in [0.2, 0.25) is 0 Å². The van der Waals surface area contributed by atoms with E-state index in [0.717, 1.165) is 23.7 Å². The van der Waals surface area contributed by atoms with Crippen LogP contribution in [0, 0.1) is 0 Å². The first-order valence-corrected chi connectivity index (χ1v) is 13.7. The Hall–Kier alpha value is -2.10. The van der Waals surface area contributed by atoms with Crippen LogP contribution in [0.4, 0.5) is 0 Å². The van der Waals surface area contributed by atoms with Gasteiger partial charge in [-0.15, -0.1) is 0 Å². The number of rotatable bonds is 9. The molecule has 1 N–H and O–H groups in total. The SMILES string of the molecule is CC(C)(C)c1ccc(OCC(=O)NCCOc2ccc(S(=O)(=O)N3CCCCC3)cc2)c(Br)c1. The predicted molar refractivity (Wildman–Crippen MR) is 136 cm³/mol. The molecule has 0 radical (unpaired) electrons. The van der Waals surface area contributed by atoms with E-state index in [2.05, 4.69) is 42.0 Å². The molecule has 2 aromatic carbocycles. The first kappa shape index (κ1) is 26.5. The largest absolute Gasteiger partial charge is 0.492 e. The van der Waals surface area contributed by atoms with E-state index in [1.165, 1.54) is 5.56 Å². The number of halogens is 1. The van der Waals surface area contributed by atoms with E-state index in [0.29, 0.717) is 31.1 Å². The maximum Gasteiger partial charge on any atom is 0.258 e. The summed E-state index contributed by atoms with van der Waals surface area (Å²) in [5.74, 6) is 0.906. The number of carbonyl (C=O) groups excluding carboxylic acids is 1. The fraction of sp³-hybridized carbons (Fsp3) is 0.480. The van der Waals surface area contributed by atoms with Crippen molar-refractivity contribution in [1.29, 1.82) is 0 Å². The molecule has 1 saturated heterocycles. The lowest BCUT2D eigenvalue weighted by molar-refractivity contribution is -0.123. The monoisotopic (exact) mass is 552 g/mol. The summed E-state index contributed by atoms with van der Waals surface area (Å²) in [5.41, 5.74) is 1.20. The highest BCUT2D eigenvalue weighted by Gasteiger charge is 2.25. The summed E-state index contributed by atoms with van der Waals surface area (Å²) in [6, 6.07) is 12.3. The van der Waals surface area contributed by atoms with E-state index >= 15 is 0 Å². The summed E-state index contributed by atoms with van der Waals surface area (Å²) in [4.78, 5) is 12.4. The van der Waals surface area contributed by atoms with Crippen molar-refractivity contribution in [3.8, 4) is 11.5 Å². The molecule has 1 heterocycles. The molecule has 186 valence electrons. The molecule has 34 heavy (non-hydrogen) atoms. The Morgan fingerprint density at radius 3 is 2.32 bits per heavy atom. The van der Waals surface area contributed by atoms with Crippen LogP contribution >= 0.6 is 15.9 Å². The molecule has 0 atom stereocenters. The van der Waals surface area contributed by atoms with E-state index < -0.39 is 10.0 Å². The molecular formula is C25H33BrN2O5S. The number of hydrogen-bond donors (Lipinski definition) is 1. The average Bonchev–Trinajstić information content (AvgIpc) is 2.81. The lowest BCUT2D eigenvalue weighted by atomic mass is 9.87. The molecule has 1 aliphatic rings. The van der Waals surface area contributed by atoms with Crippen LogP contribution in [0.3, 0.4) is 0 Å². The van der Waals surface area contributed by atoms with Crippen molar-refractivity contribution >= 4 is 31.9 Å². The van der Waals surface area contributed by atoms with Gasteiger partial charge in [-0.2, -0.15) is 4.31 Å². The molecule has 0 spiro atoms. The van der Waals surface area contributed by atoms with Crippen LogP contribution in [0.1, 0.15) is 45.6 Å². The summed E-state index contributed by atoms with van der Waals surface area (Å²) in [7, 11) is -3.45. The van der Waals surface area contributed by atoms with Gasteiger partial charge >= 0.3 is 0 Å². The van der Waals surface area contributed by atoms with Gasteiger partial charge in [0.15, 0.2) is 6.61 Å². The van der Waals surface area contributed by atoms with Gasteiger partial charge in [0, 0.05) is 13.1 Å². The fourth-order valence-corrected chi connectivity index (χ4v) is 5.61. The highest BCUT2D eigenvalue weighted by molar-refractivity contribution is 9.10. The number of nitrogens with one attached hydrogen (secondary N) is 1. The molecule has 0 saturated carbocycles. The van der Waals surface area contributed by atoms with Crippen LogP contribution in [-0.2, 0) is 20.2 Å². The minimum Gasteiger partial charge on any atom is -0.492 e. The predicted octanol–water partition coefficient (Wildman–Crippen LogP) is 4.50. The smallest absolute Gasteiger partial charge is 0.258 e. The van der Waals surface area contributed by atoms with Gasteiger partial charge in [0.2, 0.25) is 10.0 Å². The maximum atomic E-state index is 12.7. The highest BCUT2D eigenvalue weighted by atomic mass is 79.9. The van der Waals surface area contributed by atoms with Gasteiger partial charge in [0.05, 0.1) is 15.9 Å². The molecule has 1 aliphatic heterocycles. The lowest BCUT2D eigenvalue weighted by Gasteiger charge is -2.25. The van der Waals surface area contributed by atoms with Crippen LogP contribution < -0.4 is 14.8 Å². The molecular weight excluding hydrogens is 520 g/mol. The van der Waals surface area contributed by atoms with Crippen molar-refractivity contribution < 1.29 is 22.7 Å². The summed E-state index contributed by atoms with van der Waals surface area (Å²) >= 11 is 3.50. The van der Waals surface area contributed by atoms with Crippen LogP contribution in [0.25, 0.3) is 0 Å². The van der Waals surface area contributed by atoms with Gasteiger partial charge in [-0.3, -0.25) is 4.79 Å². The molecule has 1 fully saturated rings. The Balaban J connectivity index is 1.40. The fourth-order valence-electron chi connectivity index (χ4n) is 3.60. The topological polar surface area (TPSA) is 84.9 Å². The van der Waals surface area contributed by atoms with E-state index in [4.69, 9.17) is 9.47 Å². The van der Waals surface area contributed by atoms with Crippen molar-refractivity contribution in [2.24, 2.45) is 0 Å². The molecule has 1 amide bonds. The number of piperidine rings is 1. The molecule has 0 unspecified atom stereocenters. The third-order valence-corrected chi connectivity index (χ3v) is 8.16. The van der Waals surface area contributed by atoms with Gasteiger partial charge in [0.1, 0.15) is 18.1 Å². The van der Waals surface area contributed by atoms with Gasteiger partial charge < -0.3 is 14.8 Å². The Morgan fingerprint density at radius 2 is 1.71 bits per heavy atom. The van der Waals surface area contributed by atoms with E-state index in [1.54, 1.807) is 28.6 Å². The standard InChI is InChI=1S/C25H33BrN2O5S/c1-25(2,3)19-7-12-23(22(26)17-19)33-18-24(29)27-13-16-32-20-8-10-21(11-9-20)34(30,31)28-14-5-4-6-15-28/h7-12,17H,4-6,13-16,18H2,1-3H3,(H,27,29). The number of carbonyl (C=O) groups is 1. The van der Waals surface area contributed by atoms with Gasteiger partial charge in [-0.25, -0.2) is 8.42 Å². The van der Waals surface area contributed by atoms with Crippen molar-refractivity contribution in [3.05, 3.63) is 52.5 Å². The number of amides is 1. The molecule has 9 heteroatoms. The van der Waals surface area contributed by atoms with Gasteiger partial charge in [-0.1, -0.05) is 33.3 Å². The lowest BCUT2D eigenvalue weighted by Crippen LogP contribution is -2.35. The number of nitrogens with zero attached hydrogens (tertiary/aromatic N) is 1. The van der Waals surface area contributed by atoms with Crippen molar-refractivity contribution in [3.63, 3.8) is 0 Å². The Morgan fingerprint density at radius 1 is 1.03 bits per heavy atom. The first-order valence-electron chi connectivity index (χ1n) is 11.5. The number of benzene rings is 2. The highest BCUT2D eigenvalue weighted by Crippen LogP contribution is 2.31. The zero-order valence-corrected chi connectivity index (χ0v) is 22.4. The molecule has 2 aromatic rings. The minimum atomic E-state index is -3.45. The molecule has 0 aromatic heterocycles. The average molecular weight is 554 g/mol. The Labute approximate surface area is 211 Å².